The van der Waals surface area contributed by atoms with Crippen LogP contribution in [-0.4, -0.2) is 44.2 Å². The van der Waals surface area contributed by atoms with E-state index in [1.54, 1.807) is 23.9 Å². The van der Waals surface area contributed by atoms with Crippen LogP contribution in [0.1, 0.15) is 12.8 Å². The predicted molar refractivity (Wildman–Crippen MR) is 77.3 cm³/mol. The Morgan fingerprint density at radius 2 is 2.00 bits per heavy atom. The van der Waals surface area contributed by atoms with Gasteiger partial charge in [-0.05, 0) is 37.1 Å². The molecule has 0 heterocycles. The molecule has 1 unspecified atom stereocenters. The van der Waals surface area contributed by atoms with Crippen LogP contribution in [0.2, 0.25) is 0 Å². The molecular formula is C13H19NO3S2. The Labute approximate surface area is 118 Å². The van der Waals surface area contributed by atoms with Gasteiger partial charge in [-0.25, -0.2) is 8.42 Å². The standard InChI is InChI=1S/C13H19NO3S2/c1-19(16,17)13-6-4-12(5-7-13)18-9-11(8-15)14-10-2-3-10/h4-7,10-11,14-15H,2-3,8-9H2,1H3. The Kier molecular flexibility index (Phi) is 4.89. The van der Waals surface area contributed by atoms with Crippen molar-refractivity contribution in [2.45, 2.75) is 34.7 Å². The molecule has 6 heteroatoms. The van der Waals surface area contributed by atoms with Crippen molar-refractivity contribution in [1.82, 2.24) is 5.32 Å². The molecule has 0 radical (unpaired) electrons. The van der Waals surface area contributed by atoms with Crippen LogP contribution in [0.4, 0.5) is 0 Å². The summed E-state index contributed by atoms with van der Waals surface area (Å²) < 4.78 is 22.7. The normalized spacial score (nSPS) is 17.4. The summed E-state index contributed by atoms with van der Waals surface area (Å²) in [6.45, 7) is 0.130. The molecule has 0 spiro atoms. The molecule has 0 amide bonds. The van der Waals surface area contributed by atoms with Gasteiger partial charge in [0.05, 0.1) is 11.5 Å². The fourth-order valence-corrected chi connectivity index (χ4v) is 3.27. The fourth-order valence-electron chi connectivity index (χ4n) is 1.72. The van der Waals surface area contributed by atoms with Gasteiger partial charge in [0.2, 0.25) is 0 Å². The topological polar surface area (TPSA) is 66.4 Å². The summed E-state index contributed by atoms with van der Waals surface area (Å²) in [6, 6.07) is 7.55. The third-order valence-corrected chi connectivity index (χ3v) is 5.28. The number of nitrogens with one attached hydrogen (secondary N) is 1. The minimum absolute atomic E-state index is 0.104. The largest absolute Gasteiger partial charge is 0.395 e. The lowest BCUT2D eigenvalue weighted by atomic mass is 10.3. The van der Waals surface area contributed by atoms with Crippen LogP contribution in [0.5, 0.6) is 0 Å². The zero-order chi connectivity index (χ0) is 13.9. The molecule has 0 saturated heterocycles. The first-order chi connectivity index (χ1) is 8.99. The van der Waals surface area contributed by atoms with E-state index in [0.717, 1.165) is 10.6 Å². The first-order valence-electron chi connectivity index (χ1n) is 6.29. The molecule has 1 aromatic rings. The van der Waals surface area contributed by atoms with Crippen molar-refractivity contribution in [2.24, 2.45) is 0 Å². The average Bonchev–Trinajstić information content (AvgIpc) is 3.18. The second-order valence-corrected chi connectivity index (χ2v) is 7.98. The van der Waals surface area contributed by atoms with Gasteiger partial charge in [0.1, 0.15) is 0 Å². The third kappa shape index (κ3) is 4.80. The first-order valence-corrected chi connectivity index (χ1v) is 9.16. The zero-order valence-corrected chi connectivity index (χ0v) is 12.5. The number of aliphatic hydroxyl groups is 1. The molecule has 19 heavy (non-hydrogen) atoms. The molecule has 0 aromatic heterocycles. The monoisotopic (exact) mass is 301 g/mol. The number of aliphatic hydroxyl groups excluding tert-OH is 1. The summed E-state index contributed by atoms with van der Waals surface area (Å²) in [6.07, 6.45) is 3.60. The van der Waals surface area contributed by atoms with Crippen molar-refractivity contribution >= 4 is 21.6 Å². The van der Waals surface area contributed by atoms with Crippen LogP contribution in [0, 0.1) is 0 Å². The molecule has 1 atom stereocenters. The molecule has 1 fully saturated rings. The van der Waals surface area contributed by atoms with Crippen LogP contribution in [0.3, 0.4) is 0 Å². The highest BCUT2D eigenvalue weighted by molar-refractivity contribution is 7.99. The Morgan fingerprint density at radius 3 is 2.47 bits per heavy atom. The van der Waals surface area contributed by atoms with Gasteiger partial charge in [-0.2, -0.15) is 0 Å². The second kappa shape index (κ2) is 6.26. The third-order valence-electron chi connectivity index (χ3n) is 2.97. The summed E-state index contributed by atoms with van der Waals surface area (Å²) in [5.41, 5.74) is 0. The smallest absolute Gasteiger partial charge is 0.175 e. The quantitative estimate of drug-likeness (QED) is 0.743. The van der Waals surface area contributed by atoms with E-state index >= 15 is 0 Å². The van der Waals surface area contributed by atoms with Crippen LogP contribution >= 0.6 is 11.8 Å². The van der Waals surface area contributed by atoms with E-state index in [1.165, 1.54) is 19.1 Å². The van der Waals surface area contributed by atoms with E-state index in [9.17, 15) is 13.5 Å². The molecule has 2 N–H and O–H groups in total. The highest BCUT2D eigenvalue weighted by atomic mass is 32.2. The Balaban J connectivity index is 1.88. The van der Waals surface area contributed by atoms with Gasteiger partial charge in [0.25, 0.3) is 0 Å². The Bertz CT molecular complexity index is 509. The van der Waals surface area contributed by atoms with Gasteiger partial charge in [0.15, 0.2) is 9.84 Å². The maximum Gasteiger partial charge on any atom is 0.175 e. The lowest BCUT2D eigenvalue weighted by Gasteiger charge is -2.15. The minimum Gasteiger partial charge on any atom is -0.395 e. The van der Waals surface area contributed by atoms with Crippen molar-refractivity contribution < 1.29 is 13.5 Å². The molecule has 0 aliphatic heterocycles. The fraction of sp³-hybridized carbons (Fsp3) is 0.538. The van der Waals surface area contributed by atoms with Gasteiger partial charge in [-0.1, -0.05) is 0 Å². The van der Waals surface area contributed by atoms with Crippen LogP contribution < -0.4 is 5.32 Å². The van der Waals surface area contributed by atoms with E-state index in [0.29, 0.717) is 10.9 Å². The van der Waals surface area contributed by atoms with Crippen molar-refractivity contribution in [3.8, 4) is 0 Å². The van der Waals surface area contributed by atoms with Gasteiger partial charge in [0, 0.05) is 29.0 Å². The molecule has 106 valence electrons. The summed E-state index contributed by atoms with van der Waals surface area (Å²) in [7, 11) is -3.12. The van der Waals surface area contributed by atoms with Gasteiger partial charge < -0.3 is 10.4 Å². The summed E-state index contributed by atoms with van der Waals surface area (Å²) in [5.74, 6) is 0.783. The Hall–Kier alpha value is -0.560. The molecule has 1 aliphatic rings. The molecule has 1 aliphatic carbocycles. The predicted octanol–water partition coefficient (Wildman–Crippen LogP) is 1.30. The molecule has 0 bridgehead atoms. The summed E-state index contributed by atoms with van der Waals surface area (Å²) >= 11 is 1.62. The minimum atomic E-state index is -3.12. The first kappa shape index (κ1) is 14.8. The van der Waals surface area contributed by atoms with Gasteiger partial charge in [-0.15, -0.1) is 11.8 Å². The number of rotatable bonds is 7. The number of benzene rings is 1. The highest BCUT2D eigenvalue weighted by Gasteiger charge is 2.24. The van der Waals surface area contributed by atoms with E-state index in [4.69, 9.17) is 0 Å². The number of sulfone groups is 1. The van der Waals surface area contributed by atoms with Gasteiger partial charge >= 0.3 is 0 Å². The maximum atomic E-state index is 11.3. The highest BCUT2D eigenvalue weighted by Crippen LogP contribution is 2.23. The van der Waals surface area contributed by atoms with Crippen LogP contribution in [-0.2, 0) is 9.84 Å². The average molecular weight is 301 g/mol. The van der Waals surface area contributed by atoms with E-state index in [2.05, 4.69) is 5.32 Å². The number of thioether (sulfide) groups is 1. The zero-order valence-electron chi connectivity index (χ0n) is 10.9. The SMILES string of the molecule is CS(=O)(=O)c1ccc(SCC(CO)NC2CC2)cc1. The number of hydrogen-bond donors (Lipinski definition) is 2. The van der Waals surface area contributed by atoms with E-state index < -0.39 is 9.84 Å². The van der Waals surface area contributed by atoms with Crippen LogP contribution in [0.25, 0.3) is 0 Å². The summed E-state index contributed by atoms with van der Waals surface area (Å²) in [5, 5.41) is 12.7. The van der Waals surface area contributed by atoms with Crippen molar-refractivity contribution in [3.63, 3.8) is 0 Å². The molecule has 1 aromatic carbocycles. The Morgan fingerprint density at radius 1 is 1.37 bits per heavy atom. The second-order valence-electron chi connectivity index (χ2n) is 4.88. The van der Waals surface area contributed by atoms with Gasteiger partial charge in [-0.3, -0.25) is 0 Å². The molecule has 4 nitrogen and oxygen atoms in total. The van der Waals surface area contributed by atoms with E-state index in [-0.39, 0.29) is 12.6 Å². The summed E-state index contributed by atoms with van der Waals surface area (Å²) in [4.78, 5) is 1.36. The molecular weight excluding hydrogens is 282 g/mol. The maximum absolute atomic E-state index is 11.3. The number of hydrogen-bond acceptors (Lipinski definition) is 5. The van der Waals surface area contributed by atoms with Crippen molar-refractivity contribution in [1.29, 1.82) is 0 Å². The molecule has 2 rings (SSSR count). The lowest BCUT2D eigenvalue weighted by molar-refractivity contribution is 0.253. The lowest BCUT2D eigenvalue weighted by Crippen LogP contribution is -2.36. The molecule has 1 saturated carbocycles. The van der Waals surface area contributed by atoms with Crippen molar-refractivity contribution in [3.05, 3.63) is 24.3 Å². The van der Waals surface area contributed by atoms with Crippen LogP contribution in [0.15, 0.2) is 34.1 Å². The van der Waals surface area contributed by atoms with Crippen molar-refractivity contribution in [2.75, 3.05) is 18.6 Å². The van der Waals surface area contributed by atoms with E-state index in [1.807, 2.05) is 12.1 Å².